The molecule has 0 aromatic carbocycles. The van der Waals surface area contributed by atoms with Crippen LogP contribution in [0, 0.1) is 0 Å². The first-order valence-electron chi connectivity index (χ1n) is 3.64. The molecule has 0 heterocycles. The van der Waals surface area contributed by atoms with Gasteiger partial charge in [0.15, 0.2) is 5.60 Å². The summed E-state index contributed by atoms with van der Waals surface area (Å²) in [4.78, 5) is 38.7. The summed E-state index contributed by atoms with van der Waals surface area (Å²) >= 11 is 0. The summed E-state index contributed by atoms with van der Waals surface area (Å²) in [6, 6.07) is 0. The molecule has 0 aromatic rings. The zero-order valence-corrected chi connectivity index (χ0v) is 11.9. The molecule has 0 aliphatic heterocycles. The average molecular weight is 276 g/mol. The van der Waals surface area contributed by atoms with Crippen molar-refractivity contribution in [1.82, 2.24) is 0 Å². The average Bonchev–Trinajstić information content (AvgIpc) is 2.01. The third-order valence-corrected chi connectivity index (χ3v) is 1.29. The zero-order valence-electron chi connectivity index (χ0n) is 8.82. The predicted octanol–water partition coefficient (Wildman–Crippen LogP) is -5.88. The summed E-state index contributed by atoms with van der Waals surface area (Å²) in [6.07, 6.45) is -2.29. The molecule has 9 nitrogen and oxygen atoms in total. The number of rotatable bonds is 5. The minimum absolute atomic E-state index is 0. The molecule has 10 heteroatoms. The Morgan fingerprint density at radius 2 is 1.29 bits per heavy atom. The molecule has 0 saturated heterocycles. The fraction of sp³-hybridized carbons (Fsp3) is 0.429. The van der Waals surface area contributed by atoms with Crippen LogP contribution in [0.25, 0.3) is 0 Å². The van der Waals surface area contributed by atoms with Crippen LogP contribution in [0.5, 0.6) is 0 Å². The second-order valence-corrected chi connectivity index (χ2v) is 2.57. The van der Waals surface area contributed by atoms with Crippen molar-refractivity contribution >= 4 is 24.4 Å². The van der Waals surface area contributed by atoms with E-state index >= 15 is 0 Å². The van der Waals surface area contributed by atoms with Gasteiger partial charge >= 0.3 is 69.3 Å². The normalized spacial score (nSPS) is 9.00. The van der Waals surface area contributed by atoms with Crippen molar-refractivity contribution in [3.05, 3.63) is 0 Å². The monoisotopic (exact) mass is 276 g/mol. The molecule has 0 fully saturated rings. The molecular formula is C7H9KO9. The van der Waals surface area contributed by atoms with Crippen LogP contribution >= 0.6 is 0 Å². The number of hydrogen-bond donors (Lipinski definition) is 4. The van der Waals surface area contributed by atoms with E-state index in [1.165, 1.54) is 0 Å². The van der Waals surface area contributed by atoms with E-state index in [2.05, 4.69) is 0 Å². The Balaban J connectivity index is -0.000000440. The summed E-state index contributed by atoms with van der Waals surface area (Å²) in [7, 11) is 0. The number of carbonyl (C=O) groups excluding carboxylic acids is 1. The van der Waals surface area contributed by atoms with E-state index in [4.69, 9.17) is 30.3 Å². The Morgan fingerprint density at radius 3 is 1.41 bits per heavy atom. The van der Waals surface area contributed by atoms with Gasteiger partial charge in [0.25, 0.3) is 0 Å². The number of carboxylic acid groups (broad SMARTS) is 4. The third-order valence-electron chi connectivity index (χ3n) is 1.29. The molecule has 0 atom stereocenters. The van der Waals surface area contributed by atoms with Crippen LogP contribution in [0.1, 0.15) is 12.8 Å². The molecule has 0 amide bonds. The van der Waals surface area contributed by atoms with Crippen molar-refractivity contribution in [3.63, 3.8) is 0 Å². The quantitative estimate of drug-likeness (QED) is 0.281. The molecule has 17 heavy (non-hydrogen) atoms. The second kappa shape index (κ2) is 10.6. The topological polar surface area (TPSA) is 172 Å². The Morgan fingerprint density at radius 1 is 1.06 bits per heavy atom. The van der Waals surface area contributed by atoms with Crippen molar-refractivity contribution in [3.8, 4) is 0 Å². The van der Waals surface area contributed by atoms with Gasteiger partial charge in [0.1, 0.15) is 0 Å². The van der Waals surface area contributed by atoms with Crippen molar-refractivity contribution in [1.29, 1.82) is 0 Å². The third kappa shape index (κ3) is 11.7. The summed E-state index contributed by atoms with van der Waals surface area (Å²) < 4.78 is 0. The smallest absolute Gasteiger partial charge is 0.554 e. The first kappa shape index (κ1) is 21.7. The summed E-state index contributed by atoms with van der Waals surface area (Å²) in [6.45, 7) is -0.500. The van der Waals surface area contributed by atoms with E-state index in [0.29, 0.717) is 0 Å². The predicted molar refractivity (Wildman–Crippen MR) is 43.2 cm³/mol. The van der Waals surface area contributed by atoms with Crippen molar-refractivity contribution in [2.24, 2.45) is 0 Å². The van der Waals surface area contributed by atoms with Gasteiger partial charge in [0.05, 0.1) is 12.8 Å². The number of carbonyl (C=O) groups is 4. The Hall–Kier alpha value is -0.524. The minimum Gasteiger partial charge on any atom is -0.554 e. The molecule has 4 N–H and O–H groups in total. The molecule has 0 saturated carbocycles. The van der Waals surface area contributed by atoms with Crippen molar-refractivity contribution < 1.29 is 96.1 Å². The van der Waals surface area contributed by atoms with Crippen LogP contribution in [0.3, 0.4) is 0 Å². The molecule has 0 unspecified atom stereocenters. The van der Waals surface area contributed by atoms with E-state index in [9.17, 15) is 14.4 Å². The maximum atomic E-state index is 10.3. The molecule has 0 aromatic heterocycles. The first-order chi connectivity index (χ1) is 7.19. The van der Waals surface area contributed by atoms with Gasteiger partial charge in [0.2, 0.25) is 0 Å². The maximum absolute atomic E-state index is 10.3. The zero-order chi connectivity index (χ0) is 13.4. The number of aliphatic carboxylic acids is 3. The molecule has 0 aliphatic rings. The van der Waals surface area contributed by atoms with Gasteiger partial charge < -0.3 is 30.3 Å². The molecule has 0 spiro atoms. The molecular weight excluding hydrogens is 267 g/mol. The Kier molecular flexibility index (Phi) is 13.6. The van der Waals surface area contributed by atoms with E-state index in [0.717, 1.165) is 0 Å². The fourth-order valence-corrected chi connectivity index (χ4v) is 0.714. The Bertz CT molecular complexity index is 271. The van der Waals surface area contributed by atoms with Gasteiger partial charge in [-0.15, -0.1) is 0 Å². The summed E-state index contributed by atoms with van der Waals surface area (Å²) in [5.74, 6) is -5.02. The standard InChI is InChI=1S/C6H8O7.CH2O2.K/c7-3(8)1-6(13,5(11)12)2-4(9)10;2-1-3;/h13H,1-2H2,(H,7,8)(H,9,10)(H,11,12);1H,(H,2,3);/q;;+1/p-1. The van der Waals surface area contributed by atoms with E-state index in [1.807, 2.05) is 0 Å². The van der Waals surface area contributed by atoms with Crippen LogP contribution in [0.15, 0.2) is 0 Å². The first-order valence-corrected chi connectivity index (χ1v) is 3.64. The fourth-order valence-electron chi connectivity index (χ4n) is 0.714. The summed E-state index contributed by atoms with van der Waals surface area (Å²) in [5.41, 5.74) is -2.74. The summed E-state index contributed by atoms with van der Waals surface area (Å²) in [5, 5.41) is 42.1. The number of aliphatic hydroxyl groups is 1. The van der Waals surface area contributed by atoms with Gasteiger partial charge in [-0.05, 0) is 0 Å². The SMILES string of the molecule is O=C(O)CC(O)(CC(=O)O)C(=O)O.O=C[O-].[K+]. The van der Waals surface area contributed by atoms with Crippen LogP contribution in [-0.2, 0) is 19.2 Å². The van der Waals surface area contributed by atoms with Gasteiger partial charge in [-0.1, -0.05) is 0 Å². The molecule has 0 radical (unpaired) electrons. The molecule has 0 bridgehead atoms. The van der Waals surface area contributed by atoms with Gasteiger partial charge in [-0.2, -0.15) is 0 Å². The van der Waals surface area contributed by atoms with E-state index in [1.54, 1.807) is 0 Å². The Labute approximate surface area is 137 Å². The number of carboxylic acids is 3. The van der Waals surface area contributed by atoms with Crippen molar-refractivity contribution in [2.45, 2.75) is 18.4 Å². The van der Waals surface area contributed by atoms with Gasteiger partial charge in [-0.3, -0.25) is 9.59 Å². The van der Waals surface area contributed by atoms with Crippen LogP contribution in [-0.4, -0.2) is 50.4 Å². The minimum atomic E-state index is -2.74. The molecule has 0 rings (SSSR count). The van der Waals surface area contributed by atoms with Crippen LogP contribution in [0.2, 0.25) is 0 Å². The van der Waals surface area contributed by atoms with E-state index < -0.39 is 42.8 Å². The molecule has 92 valence electrons. The molecule has 0 aliphatic carbocycles. The number of hydrogen-bond acceptors (Lipinski definition) is 6. The van der Waals surface area contributed by atoms with Gasteiger partial charge in [-0.25, -0.2) is 4.79 Å². The van der Waals surface area contributed by atoms with Crippen molar-refractivity contribution in [2.75, 3.05) is 0 Å². The maximum Gasteiger partial charge on any atom is 1.00 e. The van der Waals surface area contributed by atoms with Crippen LogP contribution in [0.4, 0.5) is 0 Å². The van der Waals surface area contributed by atoms with E-state index in [-0.39, 0.29) is 51.4 Å². The largest absolute Gasteiger partial charge is 1.00 e. The van der Waals surface area contributed by atoms with Gasteiger partial charge in [0, 0.05) is 6.47 Å². The van der Waals surface area contributed by atoms with Crippen LogP contribution < -0.4 is 56.5 Å². The second-order valence-electron chi connectivity index (χ2n) is 2.57.